The van der Waals surface area contributed by atoms with Crippen LogP contribution in [0.2, 0.25) is 0 Å². The number of nitrogens with two attached hydrogens (primary N) is 1. The van der Waals surface area contributed by atoms with Gasteiger partial charge in [0.25, 0.3) is 0 Å². The minimum Gasteiger partial charge on any atom is -0.389 e. The smallest absolute Gasteiger partial charge is 0.389 e. The van der Waals surface area contributed by atoms with Crippen LogP contribution in [0.15, 0.2) is 12.1 Å². The number of hydrogen-bond donors (Lipinski definition) is 1. The van der Waals surface area contributed by atoms with Crippen LogP contribution in [0.25, 0.3) is 0 Å². The summed E-state index contributed by atoms with van der Waals surface area (Å²) in [6.45, 7) is 3.30. The Morgan fingerprint density at radius 1 is 1.50 bits per heavy atom. The lowest BCUT2D eigenvalue weighted by molar-refractivity contribution is -0.141. The molecule has 2 heterocycles. The van der Waals surface area contributed by atoms with Gasteiger partial charge in [0.05, 0.1) is 5.56 Å². The van der Waals surface area contributed by atoms with E-state index in [0.29, 0.717) is 23.9 Å². The Balaban J connectivity index is 2.44. The summed E-state index contributed by atoms with van der Waals surface area (Å²) < 4.78 is 38.4. The highest BCUT2D eigenvalue weighted by atomic mass is 32.2. The lowest BCUT2D eigenvalue weighted by atomic mass is 10.2. The van der Waals surface area contributed by atoms with Crippen molar-refractivity contribution in [1.29, 1.82) is 0 Å². The van der Waals surface area contributed by atoms with E-state index in [1.807, 2.05) is 11.8 Å². The van der Waals surface area contributed by atoms with Crippen LogP contribution < -0.4 is 10.6 Å². The van der Waals surface area contributed by atoms with Gasteiger partial charge < -0.3 is 10.6 Å². The van der Waals surface area contributed by atoms with Crippen LogP contribution in [0.4, 0.5) is 19.0 Å². The van der Waals surface area contributed by atoms with Gasteiger partial charge in [-0.15, -0.1) is 0 Å². The average Bonchev–Trinajstić information content (AvgIpc) is 2.37. The average molecular weight is 321 g/mol. The molecule has 1 atom stereocenters. The Morgan fingerprint density at radius 2 is 2.20 bits per heavy atom. The molecule has 0 amide bonds. The molecule has 0 spiro atoms. The van der Waals surface area contributed by atoms with Crippen molar-refractivity contribution in [3.05, 3.63) is 23.4 Å². The first-order chi connectivity index (χ1) is 9.29. The molecule has 0 aliphatic carbocycles. The van der Waals surface area contributed by atoms with Gasteiger partial charge in [-0.1, -0.05) is 19.1 Å². The number of thiocarbonyl (C=S) groups is 1. The fourth-order valence-electron chi connectivity index (χ4n) is 2.05. The summed E-state index contributed by atoms with van der Waals surface area (Å²) in [6.07, 6.45) is -4.47. The Kier molecular flexibility index (Phi) is 4.43. The Morgan fingerprint density at radius 3 is 2.75 bits per heavy atom. The largest absolute Gasteiger partial charge is 0.433 e. The Bertz CT molecular complexity index is 519. The van der Waals surface area contributed by atoms with Crippen molar-refractivity contribution in [2.45, 2.75) is 18.3 Å². The number of anilines is 1. The summed E-state index contributed by atoms with van der Waals surface area (Å²) in [6, 6.07) is 2.22. The van der Waals surface area contributed by atoms with Crippen molar-refractivity contribution < 1.29 is 13.2 Å². The maximum absolute atomic E-state index is 12.8. The monoisotopic (exact) mass is 321 g/mol. The molecule has 2 rings (SSSR count). The van der Waals surface area contributed by atoms with Gasteiger partial charge in [-0.05, 0) is 12.1 Å². The second-order valence-electron chi connectivity index (χ2n) is 4.56. The molecule has 0 saturated carbocycles. The predicted molar refractivity (Wildman–Crippen MR) is 79.3 cm³/mol. The molecular formula is C12H14F3N3S2. The lowest BCUT2D eigenvalue weighted by Crippen LogP contribution is -2.38. The second kappa shape index (κ2) is 5.77. The molecule has 1 fully saturated rings. The third-order valence-electron chi connectivity index (χ3n) is 2.97. The molecule has 0 aromatic carbocycles. The van der Waals surface area contributed by atoms with Crippen LogP contribution in [-0.4, -0.2) is 34.1 Å². The van der Waals surface area contributed by atoms with Gasteiger partial charge in [0.2, 0.25) is 0 Å². The van der Waals surface area contributed by atoms with Crippen molar-refractivity contribution in [3.63, 3.8) is 0 Å². The number of hydrogen-bond acceptors (Lipinski definition) is 4. The van der Waals surface area contributed by atoms with E-state index in [1.165, 1.54) is 6.07 Å². The Hall–Kier alpha value is -1.02. The molecule has 1 saturated heterocycles. The Labute approximate surface area is 124 Å². The first-order valence-corrected chi connectivity index (χ1v) is 7.49. The van der Waals surface area contributed by atoms with Gasteiger partial charge in [-0.2, -0.15) is 24.9 Å². The third kappa shape index (κ3) is 3.35. The van der Waals surface area contributed by atoms with E-state index >= 15 is 0 Å². The van der Waals surface area contributed by atoms with Crippen molar-refractivity contribution in [2.24, 2.45) is 5.73 Å². The molecule has 2 N–H and O–H groups in total. The van der Waals surface area contributed by atoms with Crippen molar-refractivity contribution >= 4 is 34.8 Å². The highest BCUT2D eigenvalue weighted by Gasteiger charge is 2.34. The van der Waals surface area contributed by atoms with Crippen LogP contribution in [0.3, 0.4) is 0 Å². The minimum atomic E-state index is -4.47. The van der Waals surface area contributed by atoms with E-state index in [-0.39, 0.29) is 10.8 Å². The van der Waals surface area contributed by atoms with Gasteiger partial charge in [0.15, 0.2) is 0 Å². The van der Waals surface area contributed by atoms with Crippen molar-refractivity contribution in [2.75, 3.05) is 23.7 Å². The summed E-state index contributed by atoms with van der Waals surface area (Å²) >= 11 is 6.69. The zero-order valence-corrected chi connectivity index (χ0v) is 12.4. The molecule has 0 radical (unpaired) electrons. The van der Waals surface area contributed by atoms with E-state index in [4.69, 9.17) is 18.0 Å². The van der Waals surface area contributed by atoms with Gasteiger partial charge in [0, 0.05) is 24.1 Å². The summed E-state index contributed by atoms with van der Waals surface area (Å²) in [7, 11) is 0. The van der Waals surface area contributed by atoms with E-state index in [2.05, 4.69) is 4.98 Å². The minimum absolute atomic E-state index is 0.0621. The van der Waals surface area contributed by atoms with Gasteiger partial charge in [-0.25, -0.2) is 4.98 Å². The number of pyridine rings is 1. The highest BCUT2D eigenvalue weighted by Crippen LogP contribution is 2.32. The van der Waals surface area contributed by atoms with E-state index in [1.54, 1.807) is 11.8 Å². The van der Waals surface area contributed by atoms with Gasteiger partial charge >= 0.3 is 6.18 Å². The maximum Gasteiger partial charge on any atom is 0.433 e. The molecule has 3 nitrogen and oxygen atoms in total. The highest BCUT2D eigenvalue weighted by molar-refractivity contribution is 8.00. The van der Waals surface area contributed by atoms with E-state index in [9.17, 15) is 13.2 Å². The number of halogens is 3. The predicted octanol–water partition coefficient (Wildman–Crippen LogP) is 2.68. The number of rotatable bonds is 2. The first-order valence-electron chi connectivity index (χ1n) is 6.03. The summed E-state index contributed by atoms with van der Waals surface area (Å²) in [5.41, 5.74) is 5.07. The normalized spacial score (nSPS) is 20.0. The summed E-state index contributed by atoms with van der Waals surface area (Å²) in [4.78, 5) is 5.63. The van der Waals surface area contributed by atoms with E-state index < -0.39 is 11.9 Å². The number of thioether (sulfide) groups is 1. The molecule has 1 unspecified atom stereocenters. The topological polar surface area (TPSA) is 42.2 Å². The molecule has 1 aromatic heterocycles. The summed E-state index contributed by atoms with van der Waals surface area (Å²) in [5, 5.41) is 0.333. The van der Waals surface area contributed by atoms with Crippen molar-refractivity contribution in [1.82, 2.24) is 4.98 Å². The molecule has 0 bridgehead atoms. The van der Waals surface area contributed by atoms with Gasteiger partial charge in [-0.3, -0.25) is 0 Å². The van der Waals surface area contributed by atoms with Crippen LogP contribution in [0.1, 0.15) is 18.2 Å². The van der Waals surface area contributed by atoms with Crippen LogP contribution in [0.5, 0.6) is 0 Å². The molecule has 110 valence electrons. The molecule has 8 heteroatoms. The zero-order valence-electron chi connectivity index (χ0n) is 10.8. The van der Waals surface area contributed by atoms with Crippen LogP contribution in [-0.2, 0) is 6.18 Å². The number of aromatic nitrogens is 1. The molecule has 1 aliphatic rings. The lowest BCUT2D eigenvalue weighted by Gasteiger charge is -2.33. The quantitative estimate of drug-likeness (QED) is 0.848. The fraction of sp³-hybridized carbons (Fsp3) is 0.500. The van der Waals surface area contributed by atoms with E-state index in [0.717, 1.165) is 11.8 Å². The van der Waals surface area contributed by atoms with Gasteiger partial charge in [0.1, 0.15) is 16.5 Å². The molecule has 20 heavy (non-hydrogen) atoms. The molecule has 1 aliphatic heterocycles. The third-order valence-corrected chi connectivity index (χ3v) is 4.33. The SMILES string of the molecule is CC1CN(c2nc(C(F)(F)F)ccc2C(N)=S)CCS1. The molecular weight excluding hydrogens is 307 g/mol. The number of nitrogens with zero attached hydrogens (tertiary/aromatic N) is 2. The maximum atomic E-state index is 12.8. The van der Waals surface area contributed by atoms with Crippen LogP contribution in [0, 0.1) is 0 Å². The standard InChI is InChI=1S/C12H14F3N3S2/c1-7-6-18(4-5-20-7)11-8(10(16)19)2-3-9(17-11)12(13,14)15/h2-3,7H,4-6H2,1H3,(H2,16,19). The first kappa shape index (κ1) is 15.4. The second-order valence-corrected chi connectivity index (χ2v) is 6.54. The van der Waals surface area contributed by atoms with Crippen LogP contribution >= 0.6 is 24.0 Å². The number of alkyl halides is 3. The zero-order chi connectivity index (χ0) is 14.9. The van der Waals surface area contributed by atoms with Crippen molar-refractivity contribution in [3.8, 4) is 0 Å². The summed E-state index contributed by atoms with van der Waals surface area (Å²) in [5.74, 6) is 1.08. The fourth-order valence-corrected chi connectivity index (χ4v) is 3.22. The molecule has 1 aromatic rings.